The number of nitrogens with one attached hydrogen (secondary N) is 8. The quantitative estimate of drug-likeness (QED) is 0.0390. The van der Waals surface area contributed by atoms with E-state index in [0.717, 1.165) is 0 Å². The van der Waals surface area contributed by atoms with E-state index in [1.807, 2.05) is 27.7 Å². The highest BCUT2D eigenvalue weighted by Gasteiger charge is 2.36. The smallest absolute Gasteiger partial charge is 0.326 e. The highest BCUT2D eigenvalue weighted by Crippen LogP contribution is 2.15. The fraction of sp³-hybridized carbons (Fsp3) is 0.571. The maximum absolute atomic E-state index is 14.2. The van der Waals surface area contributed by atoms with E-state index in [1.54, 1.807) is 88.4 Å². The molecule has 0 aromatic heterocycles. The first kappa shape index (κ1) is 58.7. The van der Waals surface area contributed by atoms with Crippen LogP contribution in [-0.4, -0.2) is 119 Å². The number of carboxylic acids is 1. The van der Waals surface area contributed by atoms with Crippen molar-refractivity contribution in [3.8, 4) is 0 Å². The Kier molecular flexibility index (Phi) is 25.1. The van der Waals surface area contributed by atoms with E-state index in [9.17, 15) is 53.4 Å². The van der Waals surface area contributed by atoms with Crippen LogP contribution in [0.1, 0.15) is 92.7 Å². The van der Waals surface area contributed by atoms with Crippen LogP contribution in [0.2, 0.25) is 0 Å². The van der Waals surface area contributed by atoms with Gasteiger partial charge in [0.1, 0.15) is 42.3 Å². The minimum atomic E-state index is -1.61. The highest BCUT2D eigenvalue weighted by atomic mass is 16.4. The Hall–Kier alpha value is -6.41. The van der Waals surface area contributed by atoms with Gasteiger partial charge in [0.05, 0.1) is 19.2 Å². The van der Waals surface area contributed by atoms with E-state index in [2.05, 4.69) is 42.5 Å². The van der Waals surface area contributed by atoms with Gasteiger partial charge in [-0.2, -0.15) is 0 Å². The van der Waals surface area contributed by atoms with E-state index < -0.39 is 114 Å². The van der Waals surface area contributed by atoms with Crippen LogP contribution in [0.4, 0.5) is 0 Å². The van der Waals surface area contributed by atoms with E-state index in [-0.39, 0.29) is 50.0 Å². The van der Waals surface area contributed by atoms with Crippen molar-refractivity contribution >= 4 is 53.2 Å². The molecule has 0 aliphatic heterocycles. The number of carboxylic acid groups (broad SMARTS) is 1. The molecule has 2 rings (SSSR count). The third kappa shape index (κ3) is 20.8. The van der Waals surface area contributed by atoms with Crippen LogP contribution in [-0.2, 0) is 56.0 Å². The molecule has 0 fully saturated rings. The number of nitrogens with two attached hydrogens (primary N) is 1. The average molecular weight is 966 g/mol. The molecule has 2 aromatic carbocycles. The third-order valence-electron chi connectivity index (χ3n) is 11.3. The molecule has 12 N–H and O–H groups in total. The number of amides is 8. The summed E-state index contributed by atoms with van der Waals surface area (Å²) in [5, 5.41) is 41.1. The van der Waals surface area contributed by atoms with Crippen LogP contribution in [0, 0.1) is 29.6 Å². The van der Waals surface area contributed by atoms with Gasteiger partial charge in [0, 0.05) is 12.8 Å². The molecule has 0 aliphatic rings. The molecular formula is C49H75N9O11. The maximum atomic E-state index is 14.2. The van der Waals surface area contributed by atoms with Crippen molar-refractivity contribution < 1.29 is 53.4 Å². The average Bonchev–Trinajstić information content (AvgIpc) is 3.29. The maximum Gasteiger partial charge on any atom is 0.326 e. The lowest BCUT2D eigenvalue weighted by Gasteiger charge is -2.29. The van der Waals surface area contributed by atoms with Gasteiger partial charge in [0.25, 0.3) is 0 Å². The molecule has 0 spiro atoms. The summed E-state index contributed by atoms with van der Waals surface area (Å²) >= 11 is 0. The van der Waals surface area contributed by atoms with Gasteiger partial charge in [-0.3, -0.25) is 38.4 Å². The van der Waals surface area contributed by atoms with Gasteiger partial charge < -0.3 is 58.5 Å². The summed E-state index contributed by atoms with van der Waals surface area (Å²) in [7, 11) is 0. The summed E-state index contributed by atoms with van der Waals surface area (Å²) in [4.78, 5) is 120. The van der Waals surface area contributed by atoms with Crippen LogP contribution in [0.5, 0.6) is 0 Å². The molecule has 0 aliphatic carbocycles. The van der Waals surface area contributed by atoms with Crippen LogP contribution in [0.25, 0.3) is 0 Å². The fourth-order valence-corrected chi connectivity index (χ4v) is 7.16. The number of hydrogen-bond donors (Lipinski definition) is 11. The summed E-state index contributed by atoms with van der Waals surface area (Å²) in [5.41, 5.74) is 6.74. The van der Waals surface area contributed by atoms with Gasteiger partial charge in [-0.1, -0.05) is 116 Å². The normalized spacial score (nSPS) is 15.2. The zero-order valence-corrected chi connectivity index (χ0v) is 41.3. The standard InChI is InChI=1S/C49H75N9O11/c1-10-30(8)42(55-38(60)25-50)58-44(63)34(21-27(2)3)43(62)51-26-39(61)52-35(23-32-17-13-11-14-18-32)45(64)56-40(29(6)7)47(66)53-36(24-33-19-15-12-16-20-33)46(65)57-41(31(9)59)48(67)54-37(49(68)69)22-28(4)5/h11-20,27-31,34-37,40-42,59H,10,21-26,50H2,1-9H3,(H,51,62)(H,52,61)(H,53,66)(H,54,67)(H,55,60)(H,56,64)(H,57,65)(H,58,63)(H,68,69)/t30-,31+,34-,35-,36-,37-,40-,41-,42+/m0/s1. The summed E-state index contributed by atoms with van der Waals surface area (Å²) in [6.07, 6.45) is -1.61. The number of aliphatic hydroxyl groups excluding tert-OH is 1. The molecule has 20 nitrogen and oxygen atoms in total. The molecule has 0 saturated carbocycles. The topological polar surface area (TPSA) is 316 Å². The van der Waals surface area contributed by atoms with Crippen LogP contribution in [0.15, 0.2) is 60.7 Å². The molecule has 0 unspecified atom stereocenters. The lowest BCUT2D eigenvalue weighted by Crippen LogP contribution is -2.62. The van der Waals surface area contributed by atoms with Gasteiger partial charge in [-0.05, 0) is 61.0 Å². The van der Waals surface area contributed by atoms with Gasteiger partial charge in [0.15, 0.2) is 0 Å². The monoisotopic (exact) mass is 966 g/mol. The third-order valence-corrected chi connectivity index (χ3v) is 11.3. The summed E-state index contributed by atoms with van der Waals surface area (Å²) in [6.45, 7) is 14.5. The Balaban J connectivity index is 2.36. The number of benzene rings is 2. The van der Waals surface area contributed by atoms with Crippen molar-refractivity contribution in [1.29, 1.82) is 0 Å². The van der Waals surface area contributed by atoms with E-state index in [1.165, 1.54) is 6.92 Å². The van der Waals surface area contributed by atoms with E-state index >= 15 is 0 Å². The lowest BCUT2D eigenvalue weighted by atomic mass is 9.94. The minimum Gasteiger partial charge on any atom is -0.480 e. The van der Waals surface area contributed by atoms with Crippen LogP contribution < -0.4 is 48.3 Å². The second-order valence-electron chi connectivity index (χ2n) is 18.6. The molecule has 69 heavy (non-hydrogen) atoms. The molecule has 8 amide bonds. The first-order valence-corrected chi connectivity index (χ1v) is 23.5. The molecule has 0 radical (unpaired) electrons. The Morgan fingerprint density at radius 2 is 1.01 bits per heavy atom. The number of carbonyl (C=O) groups is 9. The first-order chi connectivity index (χ1) is 32.5. The van der Waals surface area contributed by atoms with E-state index in [4.69, 9.17) is 5.73 Å². The van der Waals surface area contributed by atoms with Gasteiger partial charge in [0.2, 0.25) is 47.3 Å². The van der Waals surface area contributed by atoms with Gasteiger partial charge in [-0.25, -0.2) is 4.79 Å². The minimum absolute atomic E-state index is 0.0373. The zero-order chi connectivity index (χ0) is 52.0. The molecular weight excluding hydrogens is 891 g/mol. The van der Waals surface area contributed by atoms with E-state index in [0.29, 0.717) is 17.5 Å². The van der Waals surface area contributed by atoms with Gasteiger partial charge >= 0.3 is 5.97 Å². The Morgan fingerprint density at radius 3 is 1.46 bits per heavy atom. The van der Waals surface area contributed by atoms with Crippen molar-refractivity contribution in [1.82, 2.24) is 42.5 Å². The predicted molar refractivity (Wildman–Crippen MR) is 258 cm³/mol. The lowest BCUT2D eigenvalue weighted by molar-refractivity contribution is -0.143. The molecule has 0 heterocycles. The van der Waals surface area contributed by atoms with Crippen LogP contribution in [0.3, 0.4) is 0 Å². The Bertz CT molecular complexity index is 2020. The van der Waals surface area contributed by atoms with Crippen molar-refractivity contribution in [3.63, 3.8) is 0 Å². The largest absolute Gasteiger partial charge is 0.480 e. The summed E-state index contributed by atoms with van der Waals surface area (Å²) in [6, 6.07) is 10.5. The molecule has 0 saturated heterocycles. The number of hydrogen-bond acceptors (Lipinski definition) is 11. The van der Waals surface area contributed by atoms with Crippen molar-refractivity contribution in [2.24, 2.45) is 35.3 Å². The highest BCUT2D eigenvalue weighted by molar-refractivity contribution is 6.02. The fourth-order valence-electron chi connectivity index (χ4n) is 7.16. The zero-order valence-electron chi connectivity index (χ0n) is 41.3. The number of rotatable bonds is 29. The number of carbonyl (C=O) groups excluding carboxylic acids is 8. The Labute approximate surface area is 405 Å². The first-order valence-electron chi connectivity index (χ1n) is 23.5. The summed E-state index contributed by atoms with van der Waals surface area (Å²) in [5.74, 6) is -9.62. The predicted octanol–water partition coefficient (Wildman–Crippen LogP) is 0.405. The molecule has 9 atom stereocenters. The number of aliphatic hydroxyl groups is 1. The Morgan fingerprint density at radius 1 is 0.536 bits per heavy atom. The number of aliphatic carboxylic acids is 1. The van der Waals surface area contributed by atoms with Gasteiger partial charge in [-0.15, -0.1) is 0 Å². The molecule has 0 bridgehead atoms. The molecule has 382 valence electrons. The van der Waals surface area contributed by atoms with Crippen molar-refractivity contribution in [3.05, 3.63) is 71.8 Å². The van der Waals surface area contributed by atoms with Crippen molar-refractivity contribution in [2.75, 3.05) is 13.1 Å². The van der Waals surface area contributed by atoms with Crippen LogP contribution >= 0.6 is 0 Å². The SMILES string of the molecule is CC[C@H](C)[C@H](NC(=O)CN)NC(=O)[C@@H](CC(C)C)C(=O)NCC(=O)N[C@@H](Cc1ccccc1)C(=O)N[C@H](C(=O)N[C@@H](Cc1ccccc1)C(=O)N[C@H](C(=O)N[C@@H](CC(C)C)C(=O)O)[C@@H](C)O)C(C)C. The van der Waals surface area contributed by atoms with Crippen molar-refractivity contribution in [2.45, 2.75) is 137 Å². The molecule has 20 heteroatoms. The second kappa shape index (κ2) is 29.5. The molecule has 2 aromatic rings. The second-order valence-corrected chi connectivity index (χ2v) is 18.6. The summed E-state index contributed by atoms with van der Waals surface area (Å²) < 4.78 is 0.